The van der Waals surface area contributed by atoms with E-state index in [1.54, 1.807) is 7.11 Å². The highest BCUT2D eigenvalue weighted by Gasteiger charge is 2.21. The van der Waals surface area contributed by atoms with Crippen molar-refractivity contribution in [2.45, 2.75) is 44.6 Å². The summed E-state index contributed by atoms with van der Waals surface area (Å²) in [5.41, 5.74) is 1.15. The molecule has 2 rings (SSSR count). The Balaban J connectivity index is 1.60. The fourth-order valence-electron chi connectivity index (χ4n) is 3.06. The summed E-state index contributed by atoms with van der Waals surface area (Å²) in [6.07, 6.45) is 6.13. The molecule has 0 heterocycles. The summed E-state index contributed by atoms with van der Waals surface area (Å²) in [5.74, 6) is 1.17. The zero-order chi connectivity index (χ0) is 16.5. The first kappa shape index (κ1) is 17.6. The third-order valence-corrected chi connectivity index (χ3v) is 4.52. The summed E-state index contributed by atoms with van der Waals surface area (Å²) in [5, 5.41) is 15.7. The lowest BCUT2D eigenvalue weighted by Gasteiger charge is -2.26. The topological polar surface area (TPSA) is 70.6 Å². The SMILES string of the molecule is COc1ccc(CCNC(=O)NC[C@H](O)C2CCCCC2)cc1. The molecule has 1 saturated carbocycles. The number of aliphatic hydroxyl groups is 1. The number of hydrogen-bond acceptors (Lipinski definition) is 3. The number of nitrogens with one attached hydrogen (secondary N) is 2. The third-order valence-electron chi connectivity index (χ3n) is 4.52. The molecule has 1 aromatic rings. The molecule has 23 heavy (non-hydrogen) atoms. The van der Waals surface area contributed by atoms with Crippen LogP contribution in [-0.2, 0) is 6.42 Å². The molecule has 0 radical (unpaired) electrons. The van der Waals surface area contributed by atoms with Gasteiger partial charge in [-0.05, 0) is 42.9 Å². The molecule has 0 bridgehead atoms. The highest BCUT2D eigenvalue weighted by molar-refractivity contribution is 5.73. The predicted octanol–water partition coefficient (Wildman–Crippen LogP) is 2.48. The molecule has 5 heteroatoms. The van der Waals surface area contributed by atoms with E-state index < -0.39 is 6.10 Å². The highest BCUT2D eigenvalue weighted by Crippen LogP contribution is 2.26. The predicted molar refractivity (Wildman–Crippen MR) is 90.7 cm³/mol. The Bertz CT molecular complexity index is 470. The van der Waals surface area contributed by atoms with Crippen molar-refractivity contribution < 1.29 is 14.6 Å². The Kier molecular flexibility index (Phi) is 7.20. The molecule has 1 atom stereocenters. The van der Waals surface area contributed by atoms with Crippen molar-refractivity contribution in [1.82, 2.24) is 10.6 Å². The standard InChI is InChI=1S/C18H28N2O3/c1-23-16-9-7-14(8-10-16)11-12-19-18(22)20-13-17(21)15-5-3-2-4-6-15/h7-10,15,17,21H,2-6,11-13H2,1H3,(H2,19,20,22)/t17-/m0/s1. The van der Waals surface area contributed by atoms with Crippen LogP contribution >= 0.6 is 0 Å². The summed E-state index contributed by atoms with van der Waals surface area (Å²) in [7, 11) is 1.64. The van der Waals surface area contributed by atoms with Crippen molar-refractivity contribution in [2.24, 2.45) is 5.92 Å². The van der Waals surface area contributed by atoms with Gasteiger partial charge in [0.05, 0.1) is 13.2 Å². The number of urea groups is 1. The molecule has 0 spiro atoms. The molecule has 0 unspecified atom stereocenters. The zero-order valence-corrected chi connectivity index (χ0v) is 13.9. The van der Waals surface area contributed by atoms with Gasteiger partial charge in [0.15, 0.2) is 0 Å². The van der Waals surface area contributed by atoms with Gasteiger partial charge in [0, 0.05) is 13.1 Å². The van der Waals surface area contributed by atoms with Crippen molar-refractivity contribution in [3.05, 3.63) is 29.8 Å². The maximum Gasteiger partial charge on any atom is 0.314 e. The lowest BCUT2D eigenvalue weighted by Crippen LogP contribution is -2.42. The van der Waals surface area contributed by atoms with Crippen LogP contribution in [0.2, 0.25) is 0 Å². The number of hydrogen-bond donors (Lipinski definition) is 3. The second-order valence-corrected chi connectivity index (χ2v) is 6.20. The average Bonchev–Trinajstić information content (AvgIpc) is 2.61. The molecular formula is C18H28N2O3. The van der Waals surface area contributed by atoms with E-state index in [0.29, 0.717) is 19.0 Å². The number of amides is 2. The molecule has 1 aliphatic rings. The van der Waals surface area contributed by atoms with E-state index in [4.69, 9.17) is 4.74 Å². The third kappa shape index (κ3) is 6.10. The van der Waals surface area contributed by atoms with E-state index >= 15 is 0 Å². The van der Waals surface area contributed by atoms with Crippen LogP contribution in [0.4, 0.5) is 4.79 Å². The Morgan fingerprint density at radius 2 is 1.91 bits per heavy atom. The second kappa shape index (κ2) is 9.40. The first-order valence-corrected chi connectivity index (χ1v) is 8.51. The molecule has 1 aliphatic carbocycles. The maximum absolute atomic E-state index is 11.8. The van der Waals surface area contributed by atoms with E-state index in [-0.39, 0.29) is 6.03 Å². The van der Waals surface area contributed by atoms with Crippen LogP contribution in [0, 0.1) is 5.92 Å². The van der Waals surface area contributed by atoms with Crippen LogP contribution in [0.5, 0.6) is 5.75 Å². The molecule has 2 amide bonds. The highest BCUT2D eigenvalue weighted by atomic mass is 16.5. The normalized spacial score (nSPS) is 16.6. The van der Waals surface area contributed by atoms with Crippen LogP contribution in [0.3, 0.4) is 0 Å². The summed E-state index contributed by atoms with van der Waals surface area (Å²) in [6, 6.07) is 7.59. The number of aliphatic hydroxyl groups excluding tert-OH is 1. The molecule has 0 aromatic heterocycles. The number of carbonyl (C=O) groups excluding carboxylic acids is 1. The van der Waals surface area contributed by atoms with Crippen LogP contribution in [0.15, 0.2) is 24.3 Å². The smallest absolute Gasteiger partial charge is 0.314 e. The lowest BCUT2D eigenvalue weighted by atomic mass is 9.85. The van der Waals surface area contributed by atoms with Gasteiger partial charge in [-0.3, -0.25) is 0 Å². The fourth-order valence-corrected chi connectivity index (χ4v) is 3.06. The van der Waals surface area contributed by atoms with Crippen molar-refractivity contribution >= 4 is 6.03 Å². The van der Waals surface area contributed by atoms with Gasteiger partial charge in [0.25, 0.3) is 0 Å². The van der Waals surface area contributed by atoms with Crippen molar-refractivity contribution in [2.75, 3.05) is 20.2 Å². The summed E-state index contributed by atoms with van der Waals surface area (Å²) in [4.78, 5) is 11.8. The Hall–Kier alpha value is -1.75. The quantitative estimate of drug-likeness (QED) is 0.723. The Morgan fingerprint density at radius 3 is 2.57 bits per heavy atom. The monoisotopic (exact) mass is 320 g/mol. The van der Waals surface area contributed by atoms with Gasteiger partial charge in [-0.25, -0.2) is 4.79 Å². The van der Waals surface area contributed by atoms with Crippen LogP contribution < -0.4 is 15.4 Å². The van der Waals surface area contributed by atoms with Crippen molar-refractivity contribution in [3.63, 3.8) is 0 Å². The molecule has 128 valence electrons. The number of methoxy groups -OCH3 is 1. The minimum absolute atomic E-state index is 0.214. The van der Waals surface area contributed by atoms with E-state index in [1.165, 1.54) is 19.3 Å². The minimum atomic E-state index is -0.428. The maximum atomic E-state index is 11.8. The van der Waals surface area contributed by atoms with Crippen molar-refractivity contribution in [3.8, 4) is 5.75 Å². The van der Waals surface area contributed by atoms with E-state index in [9.17, 15) is 9.90 Å². The van der Waals surface area contributed by atoms with E-state index in [2.05, 4.69) is 10.6 Å². The number of carbonyl (C=O) groups is 1. The molecule has 0 saturated heterocycles. The molecule has 5 nitrogen and oxygen atoms in total. The van der Waals surface area contributed by atoms with Gasteiger partial charge in [0.2, 0.25) is 0 Å². The largest absolute Gasteiger partial charge is 0.497 e. The van der Waals surface area contributed by atoms with Gasteiger partial charge in [-0.2, -0.15) is 0 Å². The number of rotatable bonds is 7. The molecule has 1 aromatic carbocycles. The Morgan fingerprint density at radius 1 is 1.22 bits per heavy atom. The van der Waals surface area contributed by atoms with Gasteiger partial charge < -0.3 is 20.5 Å². The fraction of sp³-hybridized carbons (Fsp3) is 0.611. The van der Waals surface area contributed by atoms with Crippen LogP contribution in [0.25, 0.3) is 0 Å². The molecule has 3 N–H and O–H groups in total. The summed E-state index contributed by atoms with van der Waals surface area (Å²) < 4.78 is 5.11. The molecule has 0 aliphatic heterocycles. The van der Waals surface area contributed by atoms with Crippen LogP contribution in [-0.4, -0.2) is 37.4 Å². The van der Waals surface area contributed by atoms with E-state index in [0.717, 1.165) is 30.6 Å². The van der Waals surface area contributed by atoms with E-state index in [1.807, 2.05) is 24.3 Å². The van der Waals surface area contributed by atoms with Gasteiger partial charge >= 0.3 is 6.03 Å². The minimum Gasteiger partial charge on any atom is -0.497 e. The first-order valence-electron chi connectivity index (χ1n) is 8.51. The van der Waals surface area contributed by atoms with Crippen LogP contribution in [0.1, 0.15) is 37.7 Å². The van der Waals surface area contributed by atoms with Gasteiger partial charge in [-0.15, -0.1) is 0 Å². The molecular weight excluding hydrogens is 292 g/mol. The first-order chi connectivity index (χ1) is 11.2. The van der Waals surface area contributed by atoms with Gasteiger partial charge in [-0.1, -0.05) is 31.4 Å². The molecule has 1 fully saturated rings. The second-order valence-electron chi connectivity index (χ2n) is 6.20. The summed E-state index contributed by atoms with van der Waals surface area (Å²) >= 11 is 0. The Labute approximate surface area is 138 Å². The lowest BCUT2D eigenvalue weighted by molar-refractivity contribution is 0.0858. The van der Waals surface area contributed by atoms with Crippen molar-refractivity contribution in [1.29, 1.82) is 0 Å². The summed E-state index contributed by atoms with van der Waals surface area (Å²) in [6.45, 7) is 0.900. The number of benzene rings is 1. The number of ether oxygens (including phenoxy) is 1. The zero-order valence-electron chi connectivity index (χ0n) is 13.9. The van der Waals surface area contributed by atoms with Gasteiger partial charge in [0.1, 0.15) is 5.75 Å². The average molecular weight is 320 g/mol.